The first kappa shape index (κ1) is 12.9. The third-order valence-electron chi connectivity index (χ3n) is 3.52. The van der Waals surface area contributed by atoms with E-state index in [4.69, 9.17) is 9.47 Å². The van der Waals surface area contributed by atoms with Crippen LogP contribution in [0.2, 0.25) is 0 Å². The molecule has 1 atom stereocenters. The summed E-state index contributed by atoms with van der Waals surface area (Å²) in [5.74, 6) is 0.945. The van der Waals surface area contributed by atoms with E-state index in [9.17, 15) is 5.11 Å². The molecule has 2 fully saturated rings. The summed E-state index contributed by atoms with van der Waals surface area (Å²) < 4.78 is 10.7. The van der Waals surface area contributed by atoms with Crippen molar-refractivity contribution < 1.29 is 14.6 Å². The van der Waals surface area contributed by atoms with Crippen molar-refractivity contribution in [3.8, 4) is 0 Å². The minimum atomic E-state index is -0.707. The quantitative estimate of drug-likeness (QED) is 0.698. The summed E-state index contributed by atoms with van der Waals surface area (Å²) in [6.07, 6.45) is 2.66. The highest BCUT2D eigenvalue weighted by molar-refractivity contribution is 5.64. The van der Waals surface area contributed by atoms with E-state index in [-0.39, 0.29) is 0 Å². The second-order valence-electron chi connectivity index (χ2n) is 4.71. The van der Waals surface area contributed by atoms with Crippen molar-refractivity contribution in [2.45, 2.75) is 6.23 Å². The molecule has 7 heteroatoms. The normalized spacial score (nSPS) is 29.5. The lowest BCUT2D eigenvalue weighted by atomic mass is 10.3. The number of morpholine rings is 2. The highest BCUT2D eigenvalue weighted by atomic mass is 16.5. The first-order valence-electron chi connectivity index (χ1n) is 6.72. The van der Waals surface area contributed by atoms with E-state index >= 15 is 0 Å². The fraction of sp³-hybridized carbons (Fsp3) is 0.750. The summed E-state index contributed by atoms with van der Waals surface area (Å²) >= 11 is 0. The minimum absolute atomic E-state index is 0.691. The second-order valence-corrected chi connectivity index (χ2v) is 4.71. The van der Waals surface area contributed by atoms with Crippen molar-refractivity contribution in [1.82, 2.24) is 14.9 Å². The monoisotopic (exact) mass is 268 g/mol. The molecule has 1 unspecified atom stereocenters. The Labute approximate surface area is 112 Å². The van der Waals surface area contributed by atoms with E-state index in [1.165, 1.54) is 0 Å². The van der Waals surface area contributed by atoms with Crippen molar-refractivity contribution in [1.29, 1.82) is 0 Å². The van der Waals surface area contributed by atoms with Gasteiger partial charge >= 0.3 is 0 Å². The van der Waals surface area contributed by atoms with Crippen LogP contribution in [0.1, 0.15) is 0 Å². The third-order valence-corrected chi connectivity index (χ3v) is 3.52. The molecule has 0 saturated carbocycles. The summed E-state index contributed by atoms with van der Waals surface area (Å²) in [7, 11) is 0. The lowest BCUT2D eigenvalue weighted by Crippen LogP contribution is -2.57. The number of ether oxygens (including phenoxy) is 2. The number of rotatable bonds is 2. The van der Waals surface area contributed by atoms with Gasteiger partial charge in [-0.3, -0.25) is 10.0 Å². The molecule has 3 aliphatic heterocycles. The topological polar surface area (TPSA) is 60.8 Å². The van der Waals surface area contributed by atoms with E-state index in [1.807, 2.05) is 11.2 Å². The van der Waals surface area contributed by atoms with Gasteiger partial charge in [0.05, 0.1) is 38.8 Å². The lowest BCUT2D eigenvalue weighted by Gasteiger charge is -2.46. The van der Waals surface area contributed by atoms with Crippen molar-refractivity contribution in [2.75, 3.05) is 52.6 Å². The molecule has 0 aromatic rings. The summed E-state index contributed by atoms with van der Waals surface area (Å²) in [6.45, 7) is 6.04. The molecular weight excluding hydrogens is 248 g/mol. The van der Waals surface area contributed by atoms with Crippen LogP contribution in [-0.4, -0.2) is 85.1 Å². The Balaban J connectivity index is 1.77. The average molecular weight is 268 g/mol. The fourth-order valence-corrected chi connectivity index (χ4v) is 2.54. The maximum absolute atomic E-state index is 10.2. The van der Waals surface area contributed by atoms with Gasteiger partial charge in [-0.05, 0) is 0 Å². The van der Waals surface area contributed by atoms with Gasteiger partial charge in [-0.1, -0.05) is 0 Å². The van der Waals surface area contributed by atoms with Crippen LogP contribution < -0.4 is 0 Å². The van der Waals surface area contributed by atoms with Crippen LogP contribution in [-0.2, 0) is 9.47 Å². The minimum Gasteiger partial charge on any atom is -0.379 e. The van der Waals surface area contributed by atoms with Crippen LogP contribution >= 0.6 is 0 Å². The first-order chi connectivity index (χ1) is 9.36. The highest BCUT2D eigenvalue weighted by Gasteiger charge is 2.31. The lowest BCUT2D eigenvalue weighted by molar-refractivity contribution is -0.141. The molecule has 106 valence electrons. The number of hydrazine groups is 1. The van der Waals surface area contributed by atoms with Gasteiger partial charge in [0.25, 0.3) is 0 Å². The van der Waals surface area contributed by atoms with Crippen molar-refractivity contribution in [3.63, 3.8) is 0 Å². The van der Waals surface area contributed by atoms with Crippen molar-refractivity contribution in [3.05, 3.63) is 12.0 Å². The van der Waals surface area contributed by atoms with Crippen LogP contribution in [0.3, 0.4) is 0 Å². The molecule has 19 heavy (non-hydrogen) atoms. The summed E-state index contributed by atoms with van der Waals surface area (Å²) in [5.41, 5.74) is 0. The Morgan fingerprint density at radius 1 is 1.05 bits per heavy atom. The molecule has 0 aliphatic carbocycles. The van der Waals surface area contributed by atoms with E-state index < -0.39 is 6.23 Å². The fourth-order valence-electron chi connectivity index (χ4n) is 2.54. The van der Waals surface area contributed by atoms with E-state index in [2.05, 4.69) is 14.9 Å². The molecule has 0 aromatic carbocycles. The van der Waals surface area contributed by atoms with Gasteiger partial charge < -0.3 is 19.5 Å². The smallest absolute Gasteiger partial charge is 0.179 e. The first-order valence-corrected chi connectivity index (χ1v) is 6.72. The van der Waals surface area contributed by atoms with Crippen molar-refractivity contribution >= 4 is 6.21 Å². The summed E-state index contributed by atoms with van der Waals surface area (Å²) in [6, 6.07) is 0. The summed E-state index contributed by atoms with van der Waals surface area (Å²) in [4.78, 5) is 6.35. The molecule has 0 aromatic heterocycles. The van der Waals surface area contributed by atoms with Gasteiger partial charge in [0, 0.05) is 26.2 Å². The number of aliphatic hydroxyl groups is 1. The van der Waals surface area contributed by atoms with Gasteiger partial charge in [0.15, 0.2) is 6.23 Å². The molecule has 0 radical (unpaired) electrons. The van der Waals surface area contributed by atoms with Gasteiger partial charge in [-0.25, -0.2) is 5.01 Å². The molecular formula is C12H20N4O3. The number of hydrogen-bond acceptors (Lipinski definition) is 7. The molecule has 0 bridgehead atoms. The van der Waals surface area contributed by atoms with Crippen LogP contribution in [0.4, 0.5) is 0 Å². The Bertz CT molecular complexity index is 362. The van der Waals surface area contributed by atoms with Gasteiger partial charge in [0.1, 0.15) is 5.82 Å². The largest absolute Gasteiger partial charge is 0.379 e. The molecule has 3 heterocycles. The zero-order valence-electron chi connectivity index (χ0n) is 10.9. The Hall–Kier alpha value is -1.15. The average Bonchev–Trinajstić information content (AvgIpc) is 2.49. The summed E-state index contributed by atoms with van der Waals surface area (Å²) in [5, 5.41) is 14.3. The zero-order valence-corrected chi connectivity index (χ0v) is 10.9. The van der Waals surface area contributed by atoms with Gasteiger partial charge in [0.2, 0.25) is 0 Å². The molecule has 2 saturated heterocycles. The number of hydrogen-bond donors (Lipinski definition) is 1. The predicted molar refractivity (Wildman–Crippen MR) is 69.2 cm³/mol. The Morgan fingerprint density at radius 2 is 1.68 bits per heavy atom. The number of aliphatic imine (C=N–C) groups is 1. The van der Waals surface area contributed by atoms with Gasteiger partial charge in [-0.2, -0.15) is 0 Å². The van der Waals surface area contributed by atoms with Crippen molar-refractivity contribution in [2.24, 2.45) is 4.99 Å². The van der Waals surface area contributed by atoms with Gasteiger partial charge in [-0.15, -0.1) is 0 Å². The van der Waals surface area contributed by atoms with Crippen LogP contribution in [0.5, 0.6) is 0 Å². The Kier molecular flexibility index (Phi) is 3.97. The maximum Gasteiger partial charge on any atom is 0.179 e. The molecule has 3 aliphatic rings. The predicted octanol–water partition coefficient (Wildman–Crippen LogP) is -0.930. The number of nitrogens with zero attached hydrogens (tertiary/aromatic N) is 4. The maximum atomic E-state index is 10.2. The Morgan fingerprint density at radius 3 is 2.37 bits per heavy atom. The van der Waals surface area contributed by atoms with E-state index in [0.717, 1.165) is 32.0 Å². The van der Waals surface area contributed by atoms with Crippen LogP contribution in [0, 0.1) is 0 Å². The molecule has 7 nitrogen and oxygen atoms in total. The van der Waals surface area contributed by atoms with E-state index in [1.54, 1.807) is 6.21 Å². The standard InChI is InChI=1S/C12H20N4O3/c17-12-10-13-9-11(14-1-5-18-6-2-14)16(12)15-3-7-19-8-4-15/h9-10,12,17H,1-8H2. The highest BCUT2D eigenvalue weighted by Crippen LogP contribution is 2.21. The van der Waals surface area contributed by atoms with Crippen LogP contribution in [0.15, 0.2) is 17.0 Å². The molecule has 0 spiro atoms. The molecule has 3 rings (SSSR count). The third kappa shape index (κ3) is 2.74. The van der Waals surface area contributed by atoms with Crippen LogP contribution in [0.25, 0.3) is 0 Å². The zero-order chi connectivity index (χ0) is 13.1. The molecule has 0 amide bonds. The second kappa shape index (κ2) is 5.87. The SMILES string of the molecule is OC1C=NC=C(N2CCOCC2)N1N1CCOCC1. The number of aliphatic hydroxyl groups excluding tert-OH is 1. The van der Waals surface area contributed by atoms with E-state index in [0.29, 0.717) is 26.4 Å². The molecule has 1 N–H and O–H groups in total.